The molecule has 2 N–H and O–H groups in total. The van der Waals surface area contributed by atoms with E-state index >= 15 is 0 Å². The number of sulfonamides is 1. The first-order valence-electron chi connectivity index (χ1n) is 6.58. The first-order chi connectivity index (χ1) is 9.08. The van der Waals surface area contributed by atoms with E-state index in [2.05, 4.69) is 20.7 Å². The number of hydrogen-bond acceptors (Lipinski definition) is 3. The summed E-state index contributed by atoms with van der Waals surface area (Å²) in [5, 5.41) is 10.2. The number of nitrogens with one attached hydrogen (secondary N) is 1. The zero-order valence-electron chi connectivity index (χ0n) is 12.2. The third kappa shape index (κ3) is 4.55. The summed E-state index contributed by atoms with van der Waals surface area (Å²) in [5.74, 6) is 0.0280. The third-order valence-electron chi connectivity index (χ3n) is 3.38. The van der Waals surface area contributed by atoms with Crippen LogP contribution in [0.25, 0.3) is 0 Å². The van der Waals surface area contributed by atoms with Crippen LogP contribution in [-0.2, 0) is 10.0 Å². The van der Waals surface area contributed by atoms with Gasteiger partial charge in [0.05, 0.1) is 16.5 Å². The van der Waals surface area contributed by atoms with Gasteiger partial charge in [0, 0.05) is 4.47 Å². The lowest BCUT2D eigenvalue weighted by Gasteiger charge is -2.34. The number of halogens is 1. The second-order valence-corrected chi connectivity index (χ2v) is 8.22. The molecule has 1 aromatic carbocycles. The van der Waals surface area contributed by atoms with E-state index in [1.54, 1.807) is 26.0 Å². The van der Waals surface area contributed by atoms with Crippen molar-refractivity contribution in [1.82, 2.24) is 4.72 Å². The quantitative estimate of drug-likeness (QED) is 0.816. The van der Waals surface area contributed by atoms with E-state index in [-0.39, 0.29) is 10.8 Å². The maximum absolute atomic E-state index is 12.4. The predicted octanol–water partition coefficient (Wildman–Crippen LogP) is 2.91. The maximum atomic E-state index is 12.4. The van der Waals surface area contributed by atoms with Gasteiger partial charge in [-0.05, 0) is 44.0 Å². The fourth-order valence-corrected chi connectivity index (χ4v) is 3.79. The van der Waals surface area contributed by atoms with Crippen LogP contribution in [-0.4, -0.2) is 25.2 Å². The van der Waals surface area contributed by atoms with Gasteiger partial charge < -0.3 is 5.11 Å². The van der Waals surface area contributed by atoms with Gasteiger partial charge in [-0.3, -0.25) is 0 Å². The Bertz CT molecular complexity index is 535. The molecule has 0 amide bonds. The van der Waals surface area contributed by atoms with Gasteiger partial charge in [-0.25, -0.2) is 13.1 Å². The molecule has 0 aliphatic heterocycles. The molecule has 1 rings (SSSR count). The molecule has 0 spiro atoms. The molecule has 0 bridgehead atoms. The van der Waals surface area contributed by atoms with E-state index in [0.29, 0.717) is 0 Å². The monoisotopic (exact) mass is 363 g/mol. The minimum Gasteiger partial charge on any atom is -0.389 e. The molecule has 0 radical (unpaired) electrons. The molecule has 20 heavy (non-hydrogen) atoms. The van der Waals surface area contributed by atoms with Crippen LogP contribution in [0.5, 0.6) is 0 Å². The Labute approximate surface area is 129 Å². The average Bonchev–Trinajstić information content (AvgIpc) is 2.34. The smallest absolute Gasteiger partial charge is 0.240 e. The molecule has 1 aromatic rings. The van der Waals surface area contributed by atoms with E-state index in [1.807, 2.05) is 13.8 Å². The average molecular weight is 364 g/mol. The highest BCUT2D eigenvalue weighted by Gasteiger charge is 2.34. The Morgan fingerprint density at radius 2 is 1.80 bits per heavy atom. The molecule has 0 saturated carbocycles. The SMILES string of the molecule is CC[C@H](C)[C@H](NS(=O)(=O)c1ccc(Br)cc1)C(C)(C)O. The molecular weight excluding hydrogens is 342 g/mol. The standard InChI is InChI=1S/C14H22BrNO3S/c1-5-10(2)13(14(3,4)17)16-20(18,19)12-8-6-11(15)7-9-12/h6-10,13,16-17H,5H2,1-4H3/t10-,13-/m0/s1. The molecule has 6 heteroatoms. The fourth-order valence-electron chi connectivity index (χ4n) is 2.04. The van der Waals surface area contributed by atoms with Crippen LogP contribution in [0.2, 0.25) is 0 Å². The van der Waals surface area contributed by atoms with Crippen LogP contribution in [0.1, 0.15) is 34.1 Å². The molecule has 2 atom stereocenters. The minimum absolute atomic E-state index is 0.0280. The molecule has 0 heterocycles. The Morgan fingerprint density at radius 3 is 2.20 bits per heavy atom. The zero-order chi connectivity index (χ0) is 15.6. The highest BCUT2D eigenvalue weighted by Crippen LogP contribution is 2.23. The van der Waals surface area contributed by atoms with Crippen molar-refractivity contribution in [2.24, 2.45) is 5.92 Å². The van der Waals surface area contributed by atoms with Gasteiger partial charge in [-0.15, -0.1) is 0 Å². The lowest BCUT2D eigenvalue weighted by atomic mass is 9.87. The number of rotatable bonds is 6. The van der Waals surface area contributed by atoms with Crippen LogP contribution in [0, 0.1) is 5.92 Å². The summed E-state index contributed by atoms with van der Waals surface area (Å²) < 4.78 is 28.2. The topological polar surface area (TPSA) is 66.4 Å². The van der Waals surface area contributed by atoms with Gasteiger partial charge in [0.1, 0.15) is 0 Å². The summed E-state index contributed by atoms with van der Waals surface area (Å²) in [5.41, 5.74) is -1.13. The lowest BCUT2D eigenvalue weighted by molar-refractivity contribution is 0.0257. The lowest BCUT2D eigenvalue weighted by Crippen LogP contribution is -2.52. The molecular formula is C14H22BrNO3S. The van der Waals surface area contributed by atoms with E-state index in [1.165, 1.54) is 12.1 Å². The van der Waals surface area contributed by atoms with E-state index in [0.717, 1.165) is 10.9 Å². The van der Waals surface area contributed by atoms with Gasteiger partial charge in [0.2, 0.25) is 10.0 Å². The predicted molar refractivity (Wildman–Crippen MR) is 84.0 cm³/mol. The summed E-state index contributed by atoms with van der Waals surface area (Å²) >= 11 is 3.27. The minimum atomic E-state index is -3.65. The van der Waals surface area contributed by atoms with Gasteiger partial charge in [0.15, 0.2) is 0 Å². The van der Waals surface area contributed by atoms with Crippen LogP contribution in [0.15, 0.2) is 33.6 Å². The Morgan fingerprint density at radius 1 is 1.30 bits per heavy atom. The molecule has 0 aromatic heterocycles. The maximum Gasteiger partial charge on any atom is 0.240 e. The first-order valence-corrected chi connectivity index (χ1v) is 8.86. The Balaban J connectivity index is 3.06. The molecule has 0 aliphatic rings. The summed E-state index contributed by atoms with van der Waals surface area (Å²) in [6, 6.07) is 5.88. The van der Waals surface area contributed by atoms with Crippen molar-refractivity contribution >= 4 is 26.0 Å². The molecule has 0 aliphatic carbocycles. The Kier molecular flexibility index (Phi) is 5.78. The number of benzene rings is 1. The summed E-state index contributed by atoms with van der Waals surface area (Å²) in [6.45, 7) is 7.13. The van der Waals surface area contributed by atoms with Crippen molar-refractivity contribution in [3.8, 4) is 0 Å². The summed E-state index contributed by atoms with van der Waals surface area (Å²) in [6.07, 6.45) is 0.775. The van der Waals surface area contributed by atoms with Crippen LogP contribution < -0.4 is 4.72 Å². The van der Waals surface area contributed by atoms with E-state index in [9.17, 15) is 13.5 Å². The van der Waals surface area contributed by atoms with Gasteiger partial charge >= 0.3 is 0 Å². The highest BCUT2D eigenvalue weighted by molar-refractivity contribution is 9.10. The Hall–Kier alpha value is -0.430. The first kappa shape index (κ1) is 17.6. The van der Waals surface area contributed by atoms with Crippen molar-refractivity contribution in [2.75, 3.05) is 0 Å². The van der Waals surface area contributed by atoms with Gasteiger partial charge in [-0.2, -0.15) is 0 Å². The van der Waals surface area contributed by atoms with Gasteiger partial charge in [0.25, 0.3) is 0 Å². The van der Waals surface area contributed by atoms with Crippen molar-refractivity contribution in [1.29, 1.82) is 0 Å². The normalized spacial score (nSPS) is 15.9. The second-order valence-electron chi connectivity index (χ2n) is 5.59. The molecule has 114 valence electrons. The van der Waals surface area contributed by atoms with Crippen molar-refractivity contribution in [3.63, 3.8) is 0 Å². The molecule has 0 saturated heterocycles. The van der Waals surface area contributed by atoms with E-state index < -0.39 is 21.7 Å². The number of hydrogen-bond donors (Lipinski definition) is 2. The van der Waals surface area contributed by atoms with Crippen LogP contribution in [0.4, 0.5) is 0 Å². The van der Waals surface area contributed by atoms with Crippen molar-refractivity contribution in [2.45, 2.75) is 50.7 Å². The fraction of sp³-hybridized carbons (Fsp3) is 0.571. The molecule has 4 nitrogen and oxygen atoms in total. The van der Waals surface area contributed by atoms with Crippen LogP contribution >= 0.6 is 15.9 Å². The number of aliphatic hydroxyl groups is 1. The molecule has 0 unspecified atom stereocenters. The summed E-state index contributed by atoms with van der Waals surface area (Å²) in [4.78, 5) is 0.193. The second kappa shape index (κ2) is 6.56. The van der Waals surface area contributed by atoms with Crippen molar-refractivity contribution < 1.29 is 13.5 Å². The van der Waals surface area contributed by atoms with Gasteiger partial charge in [-0.1, -0.05) is 36.2 Å². The van der Waals surface area contributed by atoms with E-state index in [4.69, 9.17) is 0 Å². The summed E-state index contributed by atoms with van der Waals surface area (Å²) in [7, 11) is -3.65. The van der Waals surface area contributed by atoms with Crippen LogP contribution in [0.3, 0.4) is 0 Å². The van der Waals surface area contributed by atoms with Crippen molar-refractivity contribution in [3.05, 3.63) is 28.7 Å². The third-order valence-corrected chi connectivity index (χ3v) is 5.37. The molecule has 0 fully saturated rings. The largest absolute Gasteiger partial charge is 0.389 e. The zero-order valence-corrected chi connectivity index (χ0v) is 14.6. The highest BCUT2D eigenvalue weighted by atomic mass is 79.9.